The predicted molar refractivity (Wildman–Crippen MR) is 82.4 cm³/mol. The number of aryl methyl sites for hydroxylation is 1. The normalized spacial score (nSPS) is 14.3. The molecule has 0 atom stereocenters. The molecule has 3 rings (SSSR count). The molecule has 0 spiro atoms. The van der Waals surface area contributed by atoms with Crippen molar-refractivity contribution >= 4 is 33.0 Å². The molecule has 18 heavy (non-hydrogen) atoms. The second-order valence-electron chi connectivity index (χ2n) is 4.70. The molecular weight excluding hydrogens is 306 g/mol. The number of hydrogen-bond donors (Lipinski definition) is 1. The van der Waals surface area contributed by atoms with E-state index in [4.69, 9.17) is 0 Å². The summed E-state index contributed by atoms with van der Waals surface area (Å²) in [6.45, 7) is 0.911. The Morgan fingerprint density at radius 1 is 1.17 bits per heavy atom. The minimum atomic E-state index is 0.911. The molecule has 1 N–H and O–H groups in total. The lowest BCUT2D eigenvalue weighted by molar-refractivity contribution is 0.686. The molecular formula is C15H16BrNS. The van der Waals surface area contributed by atoms with Crippen LogP contribution in [0.5, 0.6) is 0 Å². The molecule has 1 aliphatic carbocycles. The molecule has 0 saturated carbocycles. The molecule has 0 saturated heterocycles. The van der Waals surface area contributed by atoms with Gasteiger partial charge in [-0.25, -0.2) is 0 Å². The second-order valence-corrected chi connectivity index (χ2v) is 6.55. The standard InChI is InChI=1S/C15H16BrNS/c16-13-8-9-18-15(13)10-17-14-7-3-5-11-4-1-2-6-12(11)14/h3,5,7-9,17H,1-2,4,6,10H2. The summed E-state index contributed by atoms with van der Waals surface area (Å²) in [7, 11) is 0. The van der Waals surface area contributed by atoms with Gasteiger partial charge in [-0.05, 0) is 70.3 Å². The lowest BCUT2D eigenvalue weighted by Gasteiger charge is -2.20. The third kappa shape index (κ3) is 2.47. The van der Waals surface area contributed by atoms with Crippen LogP contribution in [0.1, 0.15) is 28.8 Å². The van der Waals surface area contributed by atoms with E-state index in [-0.39, 0.29) is 0 Å². The minimum absolute atomic E-state index is 0.911. The van der Waals surface area contributed by atoms with Crippen molar-refractivity contribution in [1.29, 1.82) is 0 Å². The van der Waals surface area contributed by atoms with Crippen molar-refractivity contribution in [1.82, 2.24) is 0 Å². The van der Waals surface area contributed by atoms with Crippen LogP contribution < -0.4 is 5.32 Å². The summed E-state index contributed by atoms with van der Waals surface area (Å²) in [5, 5.41) is 5.72. The number of thiophene rings is 1. The fourth-order valence-corrected chi connectivity index (χ4v) is 4.01. The van der Waals surface area contributed by atoms with Crippen molar-refractivity contribution < 1.29 is 0 Å². The summed E-state index contributed by atoms with van der Waals surface area (Å²) in [6.07, 6.45) is 5.14. The first-order chi connectivity index (χ1) is 8.84. The van der Waals surface area contributed by atoms with Crippen molar-refractivity contribution in [2.24, 2.45) is 0 Å². The molecule has 0 amide bonds. The molecule has 1 aromatic heterocycles. The zero-order valence-corrected chi connectivity index (χ0v) is 12.6. The summed E-state index contributed by atoms with van der Waals surface area (Å²) in [6, 6.07) is 8.78. The van der Waals surface area contributed by atoms with Crippen LogP contribution >= 0.6 is 27.3 Å². The smallest absolute Gasteiger partial charge is 0.0505 e. The predicted octanol–water partition coefficient (Wildman–Crippen LogP) is 5.00. The van der Waals surface area contributed by atoms with E-state index in [0.29, 0.717) is 0 Å². The van der Waals surface area contributed by atoms with Crippen LogP contribution in [-0.2, 0) is 19.4 Å². The van der Waals surface area contributed by atoms with Gasteiger partial charge in [-0.15, -0.1) is 11.3 Å². The van der Waals surface area contributed by atoms with Gasteiger partial charge in [-0.3, -0.25) is 0 Å². The first-order valence-corrected chi connectivity index (χ1v) is 8.08. The first-order valence-electron chi connectivity index (χ1n) is 6.41. The number of hydrogen-bond acceptors (Lipinski definition) is 2. The van der Waals surface area contributed by atoms with Crippen LogP contribution in [0, 0.1) is 0 Å². The average Bonchev–Trinajstić information content (AvgIpc) is 2.82. The highest BCUT2D eigenvalue weighted by atomic mass is 79.9. The number of anilines is 1. The first kappa shape index (κ1) is 12.2. The van der Waals surface area contributed by atoms with Crippen molar-refractivity contribution in [2.45, 2.75) is 32.2 Å². The Morgan fingerprint density at radius 3 is 2.89 bits per heavy atom. The van der Waals surface area contributed by atoms with Gasteiger partial charge in [-0.1, -0.05) is 12.1 Å². The van der Waals surface area contributed by atoms with E-state index < -0.39 is 0 Å². The van der Waals surface area contributed by atoms with Crippen LogP contribution in [0.4, 0.5) is 5.69 Å². The van der Waals surface area contributed by atoms with Crippen molar-refractivity contribution in [3.63, 3.8) is 0 Å². The summed E-state index contributed by atoms with van der Waals surface area (Å²) in [4.78, 5) is 1.36. The topological polar surface area (TPSA) is 12.0 Å². The highest BCUT2D eigenvalue weighted by Crippen LogP contribution is 2.29. The Kier molecular flexibility index (Phi) is 3.71. The Hall–Kier alpha value is -0.800. The average molecular weight is 322 g/mol. The number of fused-ring (bicyclic) bond motifs is 1. The molecule has 0 fully saturated rings. The molecule has 0 unspecified atom stereocenters. The molecule has 1 aromatic carbocycles. The highest BCUT2D eigenvalue weighted by Gasteiger charge is 2.12. The van der Waals surface area contributed by atoms with Crippen molar-refractivity contribution in [2.75, 3.05) is 5.32 Å². The summed E-state index contributed by atoms with van der Waals surface area (Å²) in [5.74, 6) is 0. The van der Waals surface area contributed by atoms with Gasteiger partial charge < -0.3 is 5.32 Å². The van der Waals surface area contributed by atoms with Gasteiger partial charge in [0.25, 0.3) is 0 Å². The second kappa shape index (κ2) is 5.45. The zero-order valence-electron chi connectivity index (χ0n) is 10.2. The Labute approximate surface area is 120 Å². The van der Waals surface area contributed by atoms with Gasteiger partial charge >= 0.3 is 0 Å². The van der Waals surface area contributed by atoms with E-state index >= 15 is 0 Å². The third-order valence-electron chi connectivity index (χ3n) is 3.53. The van der Waals surface area contributed by atoms with Gasteiger partial charge in [0, 0.05) is 15.0 Å². The van der Waals surface area contributed by atoms with Crippen LogP contribution in [0.15, 0.2) is 34.1 Å². The van der Waals surface area contributed by atoms with E-state index in [1.807, 2.05) is 0 Å². The zero-order chi connectivity index (χ0) is 12.4. The maximum Gasteiger partial charge on any atom is 0.0505 e. The fourth-order valence-electron chi connectivity index (χ4n) is 2.57. The molecule has 0 bridgehead atoms. The van der Waals surface area contributed by atoms with Crippen LogP contribution in [0.25, 0.3) is 0 Å². The van der Waals surface area contributed by atoms with Gasteiger partial charge in [0.1, 0.15) is 0 Å². The van der Waals surface area contributed by atoms with Gasteiger partial charge in [0.05, 0.1) is 6.54 Å². The van der Waals surface area contributed by atoms with E-state index in [1.165, 1.54) is 51.8 Å². The number of rotatable bonds is 3. The molecule has 0 aliphatic heterocycles. The Bertz CT molecular complexity index is 547. The van der Waals surface area contributed by atoms with Gasteiger partial charge in [-0.2, -0.15) is 0 Å². The van der Waals surface area contributed by atoms with Crippen LogP contribution in [0.2, 0.25) is 0 Å². The summed E-state index contributed by atoms with van der Waals surface area (Å²) < 4.78 is 1.21. The number of nitrogens with one attached hydrogen (secondary N) is 1. The third-order valence-corrected chi connectivity index (χ3v) is 5.45. The number of halogens is 1. The van der Waals surface area contributed by atoms with Gasteiger partial charge in [0.2, 0.25) is 0 Å². The van der Waals surface area contributed by atoms with Gasteiger partial charge in [0.15, 0.2) is 0 Å². The lowest BCUT2D eigenvalue weighted by Crippen LogP contribution is -2.08. The van der Waals surface area contributed by atoms with E-state index in [0.717, 1.165) is 6.54 Å². The monoisotopic (exact) mass is 321 g/mol. The highest BCUT2D eigenvalue weighted by molar-refractivity contribution is 9.10. The summed E-state index contributed by atoms with van der Waals surface area (Å²) in [5.41, 5.74) is 4.40. The van der Waals surface area contributed by atoms with Crippen molar-refractivity contribution in [3.05, 3.63) is 50.1 Å². The van der Waals surface area contributed by atoms with E-state index in [1.54, 1.807) is 11.3 Å². The Balaban J connectivity index is 1.79. The van der Waals surface area contributed by atoms with Crippen LogP contribution in [0.3, 0.4) is 0 Å². The van der Waals surface area contributed by atoms with E-state index in [9.17, 15) is 0 Å². The molecule has 1 heterocycles. The molecule has 1 aliphatic rings. The minimum Gasteiger partial charge on any atom is -0.380 e. The van der Waals surface area contributed by atoms with E-state index in [2.05, 4.69) is 50.9 Å². The maximum absolute atomic E-state index is 3.60. The molecule has 3 heteroatoms. The molecule has 0 radical (unpaired) electrons. The quantitative estimate of drug-likeness (QED) is 0.838. The van der Waals surface area contributed by atoms with Crippen molar-refractivity contribution in [3.8, 4) is 0 Å². The molecule has 94 valence electrons. The molecule has 2 aromatic rings. The maximum atomic E-state index is 3.60. The summed E-state index contributed by atoms with van der Waals surface area (Å²) >= 11 is 5.38. The lowest BCUT2D eigenvalue weighted by atomic mass is 9.90. The Morgan fingerprint density at radius 2 is 2.06 bits per heavy atom. The SMILES string of the molecule is Brc1ccsc1CNc1cccc2c1CCCC2. The number of benzene rings is 1. The van der Waals surface area contributed by atoms with Crippen LogP contribution in [-0.4, -0.2) is 0 Å². The molecule has 1 nitrogen and oxygen atoms in total. The largest absolute Gasteiger partial charge is 0.380 e. The fraction of sp³-hybridized carbons (Fsp3) is 0.333.